The first-order chi connectivity index (χ1) is 16.1. The molecule has 1 aliphatic heterocycles. The minimum Gasteiger partial charge on any atom is -0.454 e. The van der Waals surface area contributed by atoms with Crippen molar-refractivity contribution < 1.29 is 43.9 Å². The molecule has 9 nitrogen and oxygen atoms in total. The summed E-state index contributed by atoms with van der Waals surface area (Å²) in [6.07, 6.45) is -4.85. The summed E-state index contributed by atoms with van der Waals surface area (Å²) in [6, 6.07) is 2.11. The third-order valence-electron chi connectivity index (χ3n) is 4.58. The van der Waals surface area contributed by atoms with Gasteiger partial charge in [-0.1, -0.05) is 11.6 Å². The Labute approximate surface area is 198 Å². The first kappa shape index (κ1) is 26.9. The number of halogens is 8. The average Bonchev–Trinajstić information content (AvgIpc) is 2.74. The van der Waals surface area contributed by atoms with Gasteiger partial charge in [-0.05, 0) is 31.0 Å². The highest BCUT2D eigenvalue weighted by molar-refractivity contribution is 7.90. The molecule has 0 radical (unpaired) electrons. The van der Waals surface area contributed by atoms with Crippen LogP contribution in [-0.2, 0) is 10.0 Å². The van der Waals surface area contributed by atoms with Crippen molar-refractivity contribution in [2.75, 3.05) is 30.3 Å². The number of hydrogen-bond acceptors (Lipinski definition) is 8. The monoisotopic (exact) mass is 552 g/mol. The zero-order valence-corrected chi connectivity index (χ0v) is 18.9. The lowest BCUT2D eigenvalue weighted by molar-refractivity contribution is -0.154. The minimum absolute atomic E-state index is 0.0733. The van der Waals surface area contributed by atoms with Crippen LogP contribution in [0, 0.1) is 5.82 Å². The molecule has 1 fully saturated rings. The standard InChI is InChI=1S/C17H16ClF7N6O3S/c18-11-7-10(1-2-12(11)19)27-14-28-13(29-15(30-14)34-8-16(20,21)22)26-9-3-5-31(6-4-9)35(32,33)17(23,24)25/h1-2,7,9H,3-6,8H2,(H2,26,27,28,29,30). The molecule has 2 N–H and O–H groups in total. The van der Waals surface area contributed by atoms with Crippen molar-refractivity contribution in [1.82, 2.24) is 19.3 Å². The summed E-state index contributed by atoms with van der Waals surface area (Å²) in [7, 11) is -5.48. The molecule has 3 rings (SSSR count). The maximum absolute atomic E-state index is 13.4. The Bertz CT molecular complexity index is 1160. The van der Waals surface area contributed by atoms with Crippen LogP contribution in [0.5, 0.6) is 6.01 Å². The van der Waals surface area contributed by atoms with E-state index >= 15 is 0 Å². The zero-order chi connectivity index (χ0) is 26.0. The van der Waals surface area contributed by atoms with Crippen LogP contribution >= 0.6 is 11.6 Å². The van der Waals surface area contributed by atoms with Gasteiger partial charge in [-0.25, -0.2) is 12.8 Å². The van der Waals surface area contributed by atoms with Crippen LogP contribution in [0.15, 0.2) is 18.2 Å². The van der Waals surface area contributed by atoms with Gasteiger partial charge in [0.1, 0.15) is 5.82 Å². The predicted octanol–water partition coefficient (Wildman–Crippen LogP) is 4.07. The molecule has 18 heteroatoms. The molecule has 1 aromatic carbocycles. The molecule has 2 aromatic rings. The molecule has 0 unspecified atom stereocenters. The number of piperidine rings is 1. The first-order valence-corrected chi connectivity index (χ1v) is 11.5. The number of sulfonamides is 1. The van der Waals surface area contributed by atoms with Gasteiger partial charge in [0, 0.05) is 24.8 Å². The summed E-state index contributed by atoms with van der Waals surface area (Å²) in [4.78, 5) is 11.4. The summed E-state index contributed by atoms with van der Waals surface area (Å²) >= 11 is 5.70. The smallest absolute Gasteiger partial charge is 0.454 e. The van der Waals surface area contributed by atoms with Crippen molar-refractivity contribution in [2.24, 2.45) is 0 Å². The van der Waals surface area contributed by atoms with Crippen molar-refractivity contribution in [3.05, 3.63) is 29.0 Å². The number of hydrogen-bond donors (Lipinski definition) is 2. The molecular weight excluding hydrogens is 537 g/mol. The number of anilines is 3. The highest BCUT2D eigenvalue weighted by Gasteiger charge is 2.50. The van der Waals surface area contributed by atoms with Gasteiger partial charge in [-0.15, -0.1) is 0 Å². The van der Waals surface area contributed by atoms with E-state index in [1.54, 1.807) is 0 Å². The summed E-state index contributed by atoms with van der Waals surface area (Å²) in [5, 5.41) is 5.07. The molecule has 0 spiro atoms. The molecule has 0 atom stereocenters. The van der Waals surface area contributed by atoms with Crippen molar-refractivity contribution in [1.29, 1.82) is 0 Å². The normalized spacial score (nSPS) is 16.2. The van der Waals surface area contributed by atoms with Gasteiger partial charge in [0.25, 0.3) is 0 Å². The number of rotatable bonds is 7. The van der Waals surface area contributed by atoms with E-state index in [1.807, 2.05) is 0 Å². The average molecular weight is 553 g/mol. The van der Waals surface area contributed by atoms with Crippen molar-refractivity contribution in [3.8, 4) is 6.01 Å². The van der Waals surface area contributed by atoms with E-state index in [9.17, 15) is 39.2 Å². The third kappa shape index (κ3) is 7.17. The lowest BCUT2D eigenvalue weighted by Gasteiger charge is -2.31. The largest absolute Gasteiger partial charge is 0.511 e. The first-order valence-electron chi connectivity index (χ1n) is 9.65. The van der Waals surface area contributed by atoms with Crippen LogP contribution in [0.2, 0.25) is 5.02 Å². The van der Waals surface area contributed by atoms with Crippen LogP contribution in [-0.4, -0.2) is 65.1 Å². The van der Waals surface area contributed by atoms with E-state index in [4.69, 9.17) is 11.6 Å². The van der Waals surface area contributed by atoms with Gasteiger partial charge < -0.3 is 15.4 Å². The number of nitrogens with one attached hydrogen (secondary N) is 2. The topological polar surface area (TPSA) is 109 Å². The molecule has 0 bridgehead atoms. The Hall–Kier alpha value is -2.66. The Kier molecular flexibility index (Phi) is 7.80. The molecule has 1 saturated heterocycles. The third-order valence-corrected chi connectivity index (χ3v) is 6.49. The van der Waals surface area contributed by atoms with E-state index in [2.05, 4.69) is 30.3 Å². The molecular formula is C17H16ClF7N6O3S. The second kappa shape index (κ2) is 10.1. The van der Waals surface area contributed by atoms with E-state index in [-0.39, 0.29) is 35.4 Å². The lowest BCUT2D eigenvalue weighted by atomic mass is 10.1. The van der Waals surface area contributed by atoms with Crippen LogP contribution in [0.1, 0.15) is 12.8 Å². The molecule has 1 aliphatic rings. The van der Waals surface area contributed by atoms with Crippen LogP contribution in [0.4, 0.5) is 48.3 Å². The summed E-state index contributed by atoms with van der Waals surface area (Å²) in [6.45, 7) is -2.63. The van der Waals surface area contributed by atoms with Gasteiger partial charge in [0.15, 0.2) is 6.61 Å². The van der Waals surface area contributed by atoms with E-state index in [1.165, 1.54) is 12.1 Å². The fraction of sp³-hybridized carbons (Fsp3) is 0.471. The van der Waals surface area contributed by atoms with Gasteiger partial charge in [0.2, 0.25) is 11.9 Å². The second-order valence-electron chi connectivity index (χ2n) is 7.19. The Morgan fingerprint density at radius 2 is 1.69 bits per heavy atom. The Morgan fingerprint density at radius 3 is 2.26 bits per heavy atom. The van der Waals surface area contributed by atoms with E-state index < -0.39 is 59.3 Å². The number of nitrogens with zero attached hydrogens (tertiary/aromatic N) is 4. The highest BCUT2D eigenvalue weighted by atomic mass is 35.5. The molecule has 194 valence electrons. The zero-order valence-electron chi connectivity index (χ0n) is 17.3. The quantitative estimate of drug-likeness (QED) is 0.495. The molecule has 1 aromatic heterocycles. The predicted molar refractivity (Wildman–Crippen MR) is 109 cm³/mol. The highest BCUT2D eigenvalue weighted by Crippen LogP contribution is 2.30. The SMILES string of the molecule is O=S(=O)(N1CCC(Nc2nc(Nc3ccc(F)c(Cl)c3)nc(OCC(F)(F)F)n2)CC1)C(F)(F)F. The number of alkyl halides is 6. The lowest BCUT2D eigenvalue weighted by Crippen LogP contribution is -2.47. The minimum atomic E-state index is -5.48. The fourth-order valence-electron chi connectivity index (χ4n) is 2.96. The molecule has 0 aliphatic carbocycles. The second-order valence-corrected chi connectivity index (χ2v) is 9.53. The van der Waals surface area contributed by atoms with Crippen molar-refractivity contribution in [3.63, 3.8) is 0 Å². The van der Waals surface area contributed by atoms with Crippen molar-refractivity contribution >= 4 is 39.2 Å². The summed E-state index contributed by atoms with van der Waals surface area (Å²) < 4.78 is 117. The molecule has 0 amide bonds. The maximum atomic E-state index is 13.4. The molecule has 0 saturated carbocycles. The Balaban J connectivity index is 1.76. The van der Waals surface area contributed by atoms with E-state index in [0.717, 1.165) is 6.07 Å². The molecule has 2 heterocycles. The van der Waals surface area contributed by atoms with Gasteiger partial charge in [-0.3, -0.25) is 0 Å². The van der Waals surface area contributed by atoms with E-state index in [0.29, 0.717) is 4.31 Å². The summed E-state index contributed by atoms with van der Waals surface area (Å²) in [5.74, 6) is -1.31. The Morgan fingerprint density at radius 1 is 1.06 bits per heavy atom. The van der Waals surface area contributed by atoms with Crippen LogP contribution in [0.3, 0.4) is 0 Å². The maximum Gasteiger partial charge on any atom is 0.511 e. The van der Waals surface area contributed by atoms with Gasteiger partial charge >= 0.3 is 27.7 Å². The fourth-order valence-corrected chi connectivity index (χ4v) is 4.13. The van der Waals surface area contributed by atoms with Crippen molar-refractivity contribution in [2.45, 2.75) is 30.6 Å². The van der Waals surface area contributed by atoms with Crippen LogP contribution in [0.25, 0.3) is 0 Å². The van der Waals surface area contributed by atoms with Gasteiger partial charge in [0.05, 0.1) is 5.02 Å². The molecule has 35 heavy (non-hydrogen) atoms. The van der Waals surface area contributed by atoms with Crippen LogP contribution < -0.4 is 15.4 Å². The van der Waals surface area contributed by atoms with Gasteiger partial charge in [-0.2, -0.15) is 45.6 Å². The number of ether oxygens (including phenoxy) is 1. The summed E-state index contributed by atoms with van der Waals surface area (Å²) in [5.41, 5.74) is -5.25. The number of aromatic nitrogens is 3. The number of benzene rings is 1.